The molecule has 0 spiro atoms. The van der Waals surface area contributed by atoms with Crippen LogP contribution in [-0.2, 0) is 9.53 Å². The van der Waals surface area contributed by atoms with Gasteiger partial charge in [0.25, 0.3) is 0 Å². The Morgan fingerprint density at radius 3 is 2.75 bits per heavy atom. The SMILES string of the molecule is CCOC(=O)CC(N)c1cccc(C)c1.Cl. The van der Waals surface area contributed by atoms with Crippen LogP contribution in [0.4, 0.5) is 0 Å². The standard InChI is InChI=1S/C12H17NO2.ClH/c1-3-15-12(14)8-11(13)10-6-4-5-9(2)7-10;/h4-7,11H,3,8,13H2,1-2H3;1H. The van der Waals surface area contributed by atoms with E-state index in [-0.39, 0.29) is 30.8 Å². The summed E-state index contributed by atoms with van der Waals surface area (Å²) in [6, 6.07) is 7.58. The summed E-state index contributed by atoms with van der Waals surface area (Å²) >= 11 is 0. The summed E-state index contributed by atoms with van der Waals surface area (Å²) in [4.78, 5) is 11.2. The van der Waals surface area contributed by atoms with Gasteiger partial charge in [-0.05, 0) is 19.4 Å². The second-order valence-electron chi connectivity index (χ2n) is 3.53. The molecule has 0 saturated heterocycles. The molecule has 0 radical (unpaired) electrons. The number of carbonyl (C=O) groups excluding carboxylic acids is 1. The van der Waals surface area contributed by atoms with Gasteiger partial charge in [-0.1, -0.05) is 29.8 Å². The zero-order valence-corrected chi connectivity index (χ0v) is 10.4. The topological polar surface area (TPSA) is 52.3 Å². The van der Waals surface area contributed by atoms with Gasteiger partial charge in [0.05, 0.1) is 13.0 Å². The molecule has 0 aliphatic heterocycles. The van der Waals surface area contributed by atoms with E-state index in [1.165, 1.54) is 0 Å². The van der Waals surface area contributed by atoms with Crippen LogP contribution in [0.1, 0.15) is 30.5 Å². The molecule has 16 heavy (non-hydrogen) atoms. The first-order valence-electron chi connectivity index (χ1n) is 5.11. The van der Waals surface area contributed by atoms with E-state index in [9.17, 15) is 4.79 Å². The van der Waals surface area contributed by atoms with Crippen molar-refractivity contribution in [3.63, 3.8) is 0 Å². The zero-order chi connectivity index (χ0) is 11.3. The molecule has 2 N–H and O–H groups in total. The van der Waals surface area contributed by atoms with Crippen LogP contribution < -0.4 is 5.73 Å². The number of hydrogen-bond donors (Lipinski definition) is 1. The molecule has 0 aliphatic rings. The van der Waals surface area contributed by atoms with E-state index in [0.29, 0.717) is 6.61 Å². The molecule has 4 heteroatoms. The monoisotopic (exact) mass is 243 g/mol. The summed E-state index contributed by atoms with van der Waals surface area (Å²) in [5.74, 6) is -0.244. The van der Waals surface area contributed by atoms with E-state index in [1.54, 1.807) is 6.92 Å². The number of ether oxygens (including phenoxy) is 1. The molecule has 90 valence electrons. The maximum absolute atomic E-state index is 11.2. The summed E-state index contributed by atoms with van der Waals surface area (Å²) < 4.78 is 4.85. The first kappa shape index (κ1) is 14.9. The number of rotatable bonds is 4. The highest BCUT2D eigenvalue weighted by molar-refractivity contribution is 5.85. The molecule has 0 amide bonds. The minimum Gasteiger partial charge on any atom is -0.466 e. The van der Waals surface area contributed by atoms with Gasteiger partial charge in [0, 0.05) is 6.04 Å². The summed E-state index contributed by atoms with van der Waals surface area (Å²) in [5.41, 5.74) is 8.01. The smallest absolute Gasteiger partial charge is 0.307 e. The molecule has 0 aliphatic carbocycles. The van der Waals surface area contributed by atoms with Crippen molar-refractivity contribution in [3.8, 4) is 0 Å². The number of hydrogen-bond acceptors (Lipinski definition) is 3. The van der Waals surface area contributed by atoms with Gasteiger partial charge in [-0.15, -0.1) is 12.4 Å². The van der Waals surface area contributed by atoms with E-state index >= 15 is 0 Å². The first-order chi connectivity index (χ1) is 7.13. The van der Waals surface area contributed by atoms with E-state index in [2.05, 4.69) is 0 Å². The van der Waals surface area contributed by atoms with Gasteiger partial charge < -0.3 is 10.5 Å². The van der Waals surface area contributed by atoms with Gasteiger partial charge in [-0.25, -0.2) is 0 Å². The Hall–Kier alpha value is -1.06. The molecule has 0 heterocycles. The lowest BCUT2D eigenvalue weighted by molar-refractivity contribution is -0.143. The van der Waals surface area contributed by atoms with Crippen molar-refractivity contribution < 1.29 is 9.53 Å². The Morgan fingerprint density at radius 1 is 1.50 bits per heavy atom. The normalized spacial score (nSPS) is 11.4. The second kappa shape index (κ2) is 7.25. The summed E-state index contributed by atoms with van der Waals surface area (Å²) in [5, 5.41) is 0. The van der Waals surface area contributed by atoms with Crippen LogP contribution in [0, 0.1) is 6.92 Å². The fourth-order valence-corrected chi connectivity index (χ4v) is 1.42. The Balaban J connectivity index is 0.00000225. The number of esters is 1. The lowest BCUT2D eigenvalue weighted by Gasteiger charge is -2.11. The van der Waals surface area contributed by atoms with Crippen molar-refractivity contribution in [1.29, 1.82) is 0 Å². The summed E-state index contributed by atoms with van der Waals surface area (Å²) in [6.45, 7) is 4.19. The molecule has 0 saturated carbocycles. The van der Waals surface area contributed by atoms with Gasteiger partial charge in [0.1, 0.15) is 0 Å². The minimum atomic E-state index is -0.274. The number of carbonyl (C=O) groups is 1. The Labute approximate surface area is 102 Å². The van der Waals surface area contributed by atoms with Gasteiger partial charge in [-0.2, -0.15) is 0 Å². The van der Waals surface area contributed by atoms with Crippen LogP contribution in [0.2, 0.25) is 0 Å². The third-order valence-corrected chi connectivity index (χ3v) is 2.16. The molecule has 3 nitrogen and oxygen atoms in total. The average molecular weight is 244 g/mol. The molecule has 0 aromatic heterocycles. The van der Waals surface area contributed by atoms with Crippen molar-refractivity contribution in [1.82, 2.24) is 0 Å². The maximum atomic E-state index is 11.2. The van der Waals surface area contributed by atoms with Crippen LogP contribution in [0.3, 0.4) is 0 Å². The number of halogens is 1. The Morgan fingerprint density at radius 2 is 2.19 bits per heavy atom. The molecule has 0 fully saturated rings. The minimum absolute atomic E-state index is 0. The van der Waals surface area contributed by atoms with Crippen LogP contribution >= 0.6 is 12.4 Å². The van der Waals surface area contributed by atoms with Gasteiger partial charge in [-0.3, -0.25) is 4.79 Å². The highest BCUT2D eigenvalue weighted by atomic mass is 35.5. The van der Waals surface area contributed by atoms with Crippen LogP contribution in [0.25, 0.3) is 0 Å². The lowest BCUT2D eigenvalue weighted by atomic mass is 10.0. The summed E-state index contributed by atoms with van der Waals surface area (Å²) in [7, 11) is 0. The second-order valence-corrected chi connectivity index (χ2v) is 3.53. The third-order valence-electron chi connectivity index (χ3n) is 2.16. The maximum Gasteiger partial charge on any atom is 0.307 e. The highest BCUT2D eigenvalue weighted by Crippen LogP contribution is 2.15. The van der Waals surface area contributed by atoms with E-state index < -0.39 is 0 Å². The fraction of sp³-hybridized carbons (Fsp3) is 0.417. The van der Waals surface area contributed by atoms with Gasteiger partial charge in [0.2, 0.25) is 0 Å². The molecule has 1 aromatic rings. The molecule has 1 atom stereocenters. The summed E-state index contributed by atoms with van der Waals surface area (Å²) in [6.07, 6.45) is 0.233. The zero-order valence-electron chi connectivity index (χ0n) is 9.60. The first-order valence-corrected chi connectivity index (χ1v) is 5.11. The van der Waals surface area contributed by atoms with E-state index in [4.69, 9.17) is 10.5 Å². The Bertz CT molecular complexity index is 342. The lowest BCUT2D eigenvalue weighted by Crippen LogP contribution is -2.17. The molecule has 1 aromatic carbocycles. The van der Waals surface area contributed by atoms with Crippen molar-refractivity contribution in [2.45, 2.75) is 26.3 Å². The van der Waals surface area contributed by atoms with Crippen molar-refractivity contribution in [2.75, 3.05) is 6.61 Å². The van der Waals surface area contributed by atoms with Crippen molar-refractivity contribution in [2.24, 2.45) is 5.73 Å². The molecular formula is C12H18ClNO2. The van der Waals surface area contributed by atoms with Crippen molar-refractivity contribution in [3.05, 3.63) is 35.4 Å². The third kappa shape index (κ3) is 4.64. The largest absolute Gasteiger partial charge is 0.466 e. The number of nitrogens with two attached hydrogens (primary N) is 1. The molecule has 1 rings (SSSR count). The van der Waals surface area contributed by atoms with E-state index in [1.807, 2.05) is 31.2 Å². The molecule has 0 bridgehead atoms. The predicted molar refractivity (Wildman–Crippen MR) is 66.6 cm³/mol. The molecule has 1 unspecified atom stereocenters. The predicted octanol–water partition coefficient (Wildman–Crippen LogP) is 2.37. The van der Waals surface area contributed by atoms with E-state index in [0.717, 1.165) is 11.1 Å². The number of benzene rings is 1. The average Bonchev–Trinajstić information content (AvgIpc) is 2.18. The highest BCUT2D eigenvalue weighted by Gasteiger charge is 2.12. The van der Waals surface area contributed by atoms with Crippen LogP contribution in [0.15, 0.2) is 24.3 Å². The molecular weight excluding hydrogens is 226 g/mol. The van der Waals surface area contributed by atoms with Gasteiger partial charge >= 0.3 is 5.97 Å². The van der Waals surface area contributed by atoms with Crippen LogP contribution in [-0.4, -0.2) is 12.6 Å². The Kier molecular flexibility index (Phi) is 6.77. The quantitative estimate of drug-likeness (QED) is 0.826. The van der Waals surface area contributed by atoms with Crippen LogP contribution in [0.5, 0.6) is 0 Å². The van der Waals surface area contributed by atoms with Crippen molar-refractivity contribution >= 4 is 18.4 Å². The number of aryl methyl sites for hydroxylation is 1. The fourth-order valence-electron chi connectivity index (χ4n) is 1.42. The van der Waals surface area contributed by atoms with Gasteiger partial charge in [0.15, 0.2) is 0 Å².